The number of hydrogen-bond donors (Lipinski definition) is 1. The van der Waals surface area contributed by atoms with Gasteiger partial charge in [0.2, 0.25) is 5.91 Å². The van der Waals surface area contributed by atoms with Crippen LogP contribution in [-0.4, -0.2) is 35.9 Å². The van der Waals surface area contributed by atoms with Crippen molar-refractivity contribution in [1.82, 2.24) is 10.2 Å². The Morgan fingerprint density at radius 3 is 2.30 bits per heavy atom. The second-order valence-electron chi connectivity index (χ2n) is 10.2. The molecule has 0 aromatic heterocycles. The Balaban J connectivity index is 1.93. The van der Waals surface area contributed by atoms with Crippen LogP contribution in [0.5, 0.6) is 5.75 Å². The molecule has 3 aromatic carbocycles. The van der Waals surface area contributed by atoms with Crippen molar-refractivity contribution in [1.29, 1.82) is 0 Å². The van der Waals surface area contributed by atoms with Crippen molar-refractivity contribution < 1.29 is 14.3 Å². The summed E-state index contributed by atoms with van der Waals surface area (Å²) >= 11 is 6.24. The minimum atomic E-state index is -0.707. The first-order chi connectivity index (χ1) is 17.7. The maximum Gasteiger partial charge on any atom is 0.261 e. The van der Waals surface area contributed by atoms with Crippen molar-refractivity contribution in [2.45, 2.75) is 58.5 Å². The topological polar surface area (TPSA) is 58.6 Å². The Kier molecular flexibility index (Phi) is 10.2. The van der Waals surface area contributed by atoms with Crippen molar-refractivity contribution in [3.05, 3.63) is 101 Å². The summed E-state index contributed by atoms with van der Waals surface area (Å²) in [5.74, 6) is 0.216. The molecule has 2 amide bonds. The van der Waals surface area contributed by atoms with Gasteiger partial charge in [0, 0.05) is 24.5 Å². The Labute approximate surface area is 225 Å². The SMILES string of the molecule is CCCNC(=O)C(Cc1ccccc1)N(Cc1cccc(Cl)c1)C(=O)COc1ccccc1C(C)(C)C. The zero-order valence-corrected chi connectivity index (χ0v) is 22.9. The third-order valence-electron chi connectivity index (χ3n) is 6.11. The number of rotatable bonds is 11. The number of para-hydroxylation sites is 1. The van der Waals surface area contributed by atoms with E-state index in [1.54, 1.807) is 11.0 Å². The number of hydrogen-bond acceptors (Lipinski definition) is 3. The van der Waals surface area contributed by atoms with Crippen LogP contribution in [0.1, 0.15) is 50.8 Å². The highest BCUT2D eigenvalue weighted by molar-refractivity contribution is 6.30. The molecule has 37 heavy (non-hydrogen) atoms. The molecule has 0 radical (unpaired) electrons. The molecule has 0 aliphatic heterocycles. The van der Waals surface area contributed by atoms with E-state index in [0.29, 0.717) is 23.7 Å². The van der Waals surface area contributed by atoms with Crippen LogP contribution in [0.15, 0.2) is 78.9 Å². The zero-order chi connectivity index (χ0) is 26.8. The molecule has 0 heterocycles. The average Bonchev–Trinajstić information content (AvgIpc) is 2.88. The maximum absolute atomic E-state index is 13.8. The number of ether oxygens (including phenoxy) is 1. The van der Waals surface area contributed by atoms with Crippen LogP contribution in [0.2, 0.25) is 5.02 Å². The number of amides is 2. The maximum atomic E-state index is 13.8. The molecule has 196 valence electrons. The molecule has 0 aliphatic rings. The van der Waals surface area contributed by atoms with Crippen molar-refractivity contribution >= 4 is 23.4 Å². The fourth-order valence-corrected chi connectivity index (χ4v) is 4.40. The summed E-state index contributed by atoms with van der Waals surface area (Å²) in [6.45, 7) is 8.92. The number of benzene rings is 3. The molecule has 0 saturated heterocycles. The van der Waals surface area contributed by atoms with E-state index in [1.807, 2.05) is 79.7 Å². The van der Waals surface area contributed by atoms with E-state index in [4.69, 9.17) is 16.3 Å². The van der Waals surface area contributed by atoms with Crippen molar-refractivity contribution in [2.24, 2.45) is 0 Å². The summed E-state index contributed by atoms with van der Waals surface area (Å²) < 4.78 is 6.08. The third kappa shape index (κ3) is 8.36. The van der Waals surface area contributed by atoms with Gasteiger partial charge in [-0.25, -0.2) is 0 Å². The molecule has 0 saturated carbocycles. The highest BCUT2D eigenvalue weighted by atomic mass is 35.5. The Bertz CT molecular complexity index is 1170. The number of carbonyl (C=O) groups is 2. The van der Waals surface area contributed by atoms with Gasteiger partial charge in [0.25, 0.3) is 5.91 Å². The normalized spacial score (nSPS) is 12.0. The molecule has 0 fully saturated rings. The van der Waals surface area contributed by atoms with E-state index in [0.717, 1.165) is 23.1 Å². The Morgan fingerprint density at radius 1 is 0.946 bits per heavy atom. The minimum absolute atomic E-state index is 0.143. The molecule has 0 aliphatic carbocycles. The molecular formula is C31H37ClN2O3. The molecule has 3 aromatic rings. The first-order valence-electron chi connectivity index (χ1n) is 12.8. The van der Waals surface area contributed by atoms with E-state index >= 15 is 0 Å². The highest BCUT2D eigenvalue weighted by Crippen LogP contribution is 2.31. The number of carbonyl (C=O) groups excluding carboxylic acids is 2. The highest BCUT2D eigenvalue weighted by Gasteiger charge is 2.31. The summed E-state index contributed by atoms with van der Waals surface area (Å²) in [5.41, 5.74) is 2.70. The van der Waals surface area contributed by atoms with Gasteiger partial charge in [-0.2, -0.15) is 0 Å². The van der Waals surface area contributed by atoms with E-state index in [9.17, 15) is 9.59 Å². The van der Waals surface area contributed by atoms with Gasteiger partial charge in [0.1, 0.15) is 11.8 Å². The van der Waals surface area contributed by atoms with Gasteiger partial charge in [0.05, 0.1) is 0 Å². The fraction of sp³-hybridized carbons (Fsp3) is 0.355. The molecule has 1 atom stereocenters. The van der Waals surface area contributed by atoms with E-state index in [-0.39, 0.29) is 30.4 Å². The van der Waals surface area contributed by atoms with Gasteiger partial charge < -0.3 is 15.0 Å². The molecule has 6 heteroatoms. The van der Waals surface area contributed by atoms with Crippen molar-refractivity contribution in [2.75, 3.05) is 13.2 Å². The van der Waals surface area contributed by atoms with E-state index in [1.165, 1.54) is 0 Å². The van der Waals surface area contributed by atoms with Gasteiger partial charge in [-0.3, -0.25) is 9.59 Å². The van der Waals surface area contributed by atoms with Gasteiger partial charge in [-0.1, -0.05) is 100.0 Å². The summed E-state index contributed by atoms with van der Waals surface area (Å²) in [4.78, 5) is 28.8. The second-order valence-corrected chi connectivity index (χ2v) is 10.6. The molecule has 1 N–H and O–H groups in total. The van der Waals surface area contributed by atoms with Gasteiger partial charge in [-0.15, -0.1) is 0 Å². The number of nitrogens with zero attached hydrogens (tertiary/aromatic N) is 1. The molecule has 3 rings (SSSR count). The number of nitrogens with one attached hydrogen (secondary N) is 1. The summed E-state index contributed by atoms with van der Waals surface area (Å²) in [7, 11) is 0. The van der Waals surface area contributed by atoms with Crippen LogP contribution < -0.4 is 10.1 Å². The van der Waals surface area contributed by atoms with Crippen LogP contribution in [0, 0.1) is 0 Å². The Hall–Kier alpha value is -3.31. The molecule has 0 spiro atoms. The van der Waals surface area contributed by atoms with Crippen molar-refractivity contribution in [3.8, 4) is 5.75 Å². The lowest BCUT2D eigenvalue weighted by Gasteiger charge is -2.32. The quantitative estimate of drug-likeness (QED) is 0.328. The lowest BCUT2D eigenvalue weighted by atomic mass is 9.86. The third-order valence-corrected chi connectivity index (χ3v) is 6.34. The smallest absolute Gasteiger partial charge is 0.261 e. The second kappa shape index (κ2) is 13.3. The molecule has 5 nitrogen and oxygen atoms in total. The summed E-state index contributed by atoms with van der Waals surface area (Å²) in [6, 6.07) is 24.2. The minimum Gasteiger partial charge on any atom is -0.483 e. The Morgan fingerprint density at radius 2 is 1.62 bits per heavy atom. The lowest BCUT2D eigenvalue weighted by Crippen LogP contribution is -2.51. The fourth-order valence-electron chi connectivity index (χ4n) is 4.19. The summed E-state index contributed by atoms with van der Waals surface area (Å²) in [5, 5.41) is 3.57. The standard InChI is InChI=1S/C31H37ClN2O3/c1-5-18-33-30(36)27(20-23-12-7-6-8-13-23)34(21-24-14-11-15-25(32)19-24)29(35)22-37-28-17-10-9-16-26(28)31(2,3)4/h6-17,19,27H,5,18,20-22H2,1-4H3,(H,33,36). The van der Waals surface area contributed by atoms with E-state index in [2.05, 4.69) is 26.1 Å². The molecule has 0 bridgehead atoms. The first-order valence-corrected chi connectivity index (χ1v) is 13.1. The molecular weight excluding hydrogens is 484 g/mol. The number of halogens is 1. The predicted octanol–water partition coefficient (Wildman–Crippen LogP) is 6.18. The van der Waals surface area contributed by atoms with Gasteiger partial charge in [-0.05, 0) is 46.7 Å². The summed E-state index contributed by atoms with van der Waals surface area (Å²) in [6.07, 6.45) is 1.19. The lowest BCUT2D eigenvalue weighted by molar-refractivity contribution is -0.142. The monoisotopic (exact) mass is 520 g/mol. The first kappa shape index (κ1) is 28.3. The largest absolute Gasteiger partial charge is 0.483 e. The van der Waals surface area contributed by atoms with Crippen LogP contribution in [0.3, 0.4) is 0 Å². The van der Waals surface area contributed by atoms with Crippen LogP contribution in [-0.2, 0) is 28.0 Å². The van der Waals surface area contributed by atoms with Crippen LogP contribution in [0.4, 0.5) is 0 Å². The van der Waals surface area contributed by atoms with Gasteiger partial charge >= 0.3 is 0 Å². The average molecular weight is 521 g/mol. The predicted molar refractivity (Wildman–Crippen MR) is 150 cm³/mol. The van der Waals surface area contributed by atoms with Crippen LogP contribution >= 0.6 is 11.6 Å². The van der Waals surface area contributed by atoms with Crippen LogP contribution in [0.25, 0.3) is 0 Å². The molecule has 1 unspecified atom stereocenters. The van der Waals surface area contributed by atoms with Gasteiger partial charge in [0.15, 0.2) is 6.61 Å². The van der Waals surface area contributed by atoms with E-state index < -0.39 is 6.04 Å². The van der Waals surface area contributed by atoms with Crippen molar-refractivity contribution in [3.63, 3.8) is 0 Å². The zero-order valence-electron chi connectivity index (χ0n) is 22.2.